The molecule has 0 spiro atoms. The third-order valence-electron chi connectivity index (χ3n) is 4.56. The lowest BCUT2D eigenvalue weighted by Crippen LogP contribution is -2.37. The number of nitrogens with one attached hydrogen (secondary N) is 2. The fraction of sp³-hybridized carbons (Fsp3) is 0.471. The molecule has 9 heteroatoms. The highest BCUT2D eigenvalue weighted by Gasteiger charge is 2.49. The van der Waals surface area contributed by atoms with Crippen LogP contribution in [0.4, 0.5) is 9.59 Å². The van der Waals surface area contributed by atoms with Gasteiger partial charge in [-0.05, 0) is 30.5 Å². The van der Waals surface area contributed by atoms with Gasteiger partial charge in [0.25, 0.3) is 0 Å². The summed E-state index contributed by atoms with van der Waals surface area (Å²) in [6.07, 6.45) is 1.38. The SMILES string of the molecule is NC(=O)OC(=O)CCCC[C@H]1SC(c2ccc(Br)cc2)[C@H]2NC(=O)N[C@H]21. The Kier molecular flexibility index (Phi) is 6.08. The van der Waals surface area contributed by atoms with Crippen molar-refractivity contribution in [3.8, 4) is 0 Å². The number of unbranched alkanes of at least 4 members (excludes halogenated alkanes) is 1. The Labute approximate surface area is 163 Å². The van der Waals surface area contributed by atoms with Gasteiger partial charge in [0.1, 0.15) is 0 Å². The molecular formula is C17H20BrN3O4S. The van der Waals surface area contributed by atoms with Crippen LogP contribution in [0.3, 0.4) is 0 Å². The van der Waals surface area contributed by atoms with Crippen molar-refractivity contribution in [1.29, 1.82) is 0 Å². The molecule has 0 aliphatic carbocycles. The summed E-state index contributed by atoms with van der Waals surface area (Å²) in [6, 6.07) is 8.16. The largest absolute Gasteiger partial charge is 0.412 e. The van der Waals surface area contributed by atoms with Crippen LogP contribution in [-0.2, 0) is 9.53 Å². The van der Waals surface area contributed by atoms with Gasteiger partial charge in [-0.3, -0.25) is 4.79 Å². The second-order valence-corrected chi connectivity index (χ2v) is 8.66. The molecule has 4 atom stereocenters. The highest BCUT2D eigenvalue weighted by molar-refractivity contribution is 9.10. The molecule has 4 N–H and O–H groups in total. The minimum absolute atomic E-state index is 0.0542. The third kappa shape index (κ3) is 4.50. The molecule has 0 aromatic heterocycles. The highest BCUT2D eigenvalue weighted by Crippen LogP contribution is 2.48. The Hall–Kier alpha value is -1.74. The van der Waals surface area contributed by atoms with Crippen molar-refractivity contribution in [3.05, 3.63) is 34.3 Å². The first-order valence-electron chi connectivity index (χ1n) is 8.42. The molecule has 2 aliphatic heterocycles. The van der Waals surface area contributed by atoms with E-state index in [0.717, 1.165) is 17.3 Å². The second kappa shape index (κ2) is 8.30. The number of amides is 3. The quantitative estimate of drug-likeness (QED) is 0.272. The number of rotatable bonds is 6. The van der Waals surface area contributed by atoms with Gasteiger partial charge in [0, 0.05) is 16.1 Å². The smallest absolute Gasteiger partial charge is 0.376 e. The summed E-state index contributed by atoms with van der Waals surface area (Å²) in [5.41, 5.74) is 6.00. The van der Waals surface area contributed by atoms with E-state index in [1.54, 1.807) is 0 Å². The number of ether oxygens (including phenoxy) is 1. The number of carbonyl (C=O) groups is 3. The maximum atomic E-state index is 11.8. The van der Waals surface area contributed by atoms with Crippen molar-refractivity contribution in [3.63, 3.8) is 0 Å². The number of halogens is 1. The van der Waals surface area contributed by atoms with Crippen LogP contribution in [-0.4, -0.2) is 35.4 Å². The molecule has 2 saturated heterocycles. The van der Waals surface area contributed by atoms with Gasteiger partial charge in [-0.25, -0.2) is 9.59 Å². The number of hydrogen-bond acceptors (Lipinski definition) is 5. The Morgan fingerprint density at radius 1 is 1.15 bits per heavy atom. The predicted molar refractivity (Wildman–Crippen MR) is 102 cm³/mol. The Morgan fingerprint density at radius 3 is 2.54 bits per heavy atom. The maximum Gasteiger partial charge on any atom is 0.412 e. The molecule has 0 bridgehead atoms. The van der Waals surface area contributed by atoms with E-state index in [4.69, 9.17) is 5.73 Å². The molecule has 3 amide bonds. The van der Waals surface area contributed by atoms with Crippen molar-refractivity contribution >= 4 is 45.8 Å². The zero-order valence-electron chi connectivity index (χ0n) is 13.9. The minimum Gasteiger partial charge on any atom is -0.376 e. The van der Waals surface area contributed by atoms with Crippen LogP contribution in [0.15, 0.2) is 28.7 Å². The number of fused-ring (bicyclic) bond motifs is 1. The van der Waals surface area contributed by atoms with Crippen LogP contribution in [0.1, 0.15) is 36.5 Å². The summed E-state index contributed by atoms with van der Waals surface area (Å²) < 4.78 is 5.34. The van der Waals surface area contributed by atoms with Crippen molar-refractivity contribution in [2.24, 2.45) is 5.73 Å². The first-order chi connectivity index (χ1) is 12.4. The molecular weight excluding hydrogens is 422 g/mol. The van der Waals surface area contributed by atoms with E-state index >= 15 is 0 Å². The lowest BCUT2D eigenvalue weighted by molar-refractivity contribution is -0.137. The molecule has 1 unspecified atom stereocenters. The molecule has 3 rings (SSSR count). The van der Waals surface area contributed by atoms with Gasteiger partial charge >= 0.3 is 18.1 Å². The molecule has 2 aliphatic rings. The van der Waals surface area contributed by atoms with E-state index in [-0.39, 0.29) is 35.0 Å². The monoisotopic (exact) mass is 441 g/mol. The Balaban J connectivity index is 1.56. The number of carbonyl (C=O) groups excluding carboxylic acids is 3. The standard InChI is InChI=1S/C17H20BrN3O4S/c18-10-7-5-9(6-8-10)15-14-13(20-17(24)21-14)11(26-15)3-1-2-4-12(22)25-16(19)23/h5-8,11,13-15H,1-4H2,(H2,19,23)(H2,20,21,24)/t11-,13+,14+,15?/m1/s1. The van der Waals surface area contributed by atoms with E-state index in [0.29, 0.717) is 6.42 Å². The Bertz CT molecular complexity index is 700. The van der Waals surface area contributed by atoms with Gasteiger partial charge in [0.15, 0.2) is 0 Å². The number of primary amides is 1. The molecule has 2 heterocycles. The average Bonchev–Trinajstić information content (AvgIpc) is 3.10. The fourth-order valence-corrected chi connectivity index (χ4v) is 5.51. The Morgan fingerprint density at radius 2 is 1.85 bits per heavy atom. The summed E-state index contributed by atoms with van der Waals surface area (Å²) in [5.74, 6) is -0.599. The van der Waals surface area contributed by atoms with E-state index in [1.165, 1.54) is 5.56 Å². The summed E-state index contributed by atoms with van der Waals surface area (Å²) in [6.45, 7) is 0. The molecule has 7 nitrogen and oxygen atoms in total. The molecule has 26 heavy (non-hydrogen) atoms. The second-order valence-electron chi connectivity index (χ2n) is 6.35. The van der Waals surface area contributed by atoms with Crippen LogP contribution in [0.5, 0.6) is 0 Å². The first kappa shape index (κ1) is 19.0. The number of benzene rings is 1. The summed E-state index contributed by atoms with van der Waals surface area (Å²) in [4.78, 5) is 33.7. The summed E-state index contributed by atoms with van der Waals surface area (Å²) in [7, 11) is 0. The van der Waals surface area contributed by atoms with Gasteiger partial charge in [0.05, 0.1) is 17.3 Å². The van der Waals surface area contributed by atoms with Crippen LogP contribution in [0, 0.1) is 0 Å². The number of hydrogen-bond donors (Lipinski definition) is 3. The van der Waals surface area contributed by atoms with Crippen molar-refractivity contribution < 1.29 is 19.1 Å². The normalized spacial score (nSPS) is 26.7. The van der Waals surface area contributed by atoms with Gasteiger partial charge in [-0.1, -0.05) is 34.5 Å². The van der Waals surface area contributed by atoms with Crippen LogP contribution < -0.4 is 16.4 Å². The molecule has 0 saturated carbocycles. The highest BCUT2D eigenvalue weighted by atomic mass is 79.9. The molecule has 1 aromatic carbocycles. The predicted octanol–water partition coefficient (Wildman–Crippen LogP) is 2.84. The van der Waals surface area contributed by atoms with E-state index in [2.05, 4.69) is 43.4 Å². The van der Waals surface area contributed by atoms with Gasteiger partial charge in [-0.15, -0.1) is 11.8 Å². The fourth-order valence-electron chi connectivity index (χ4n) is 3.43. The van der Waals surface area contributed by atoms with Crippen molar-refractivity contribution in [2.45, 2.75) is 48.3 Å². The number of urea groups is 1. The van der Waals surface area contributed by atoms with Crippen molar-refractivity contribution in [2.75, 3.05) is 0 Å². The lowest BCUT2D eigenvalue weighted by atomic mass is 9.96. The van der Waals surface area contributed by atoms with Gasteiger partial charge in [-0.2, -0.15) is 0 Å². The van der Waals surface area contributed by atoms with Crippen LogP contribution in [0.25, 0.3) is 0 Å². The minimum atomic E-state index is -1.07. The van der Waals surface area contributed by atoms with Crippen molar-refractivity contribution in [1.82, 2.24) is 10.6 Å². The van der Waals surface area contributed by atoms with E-state index in [1.807, 2.05) is 23.9 Å². The van der Waals surface area contributed by atoms with Gasteiger partial charge in [0.2, 0.25) is 0 Å². The number of thioether (sulfide) groups is 1. The zero-order chi connectivity index (χ0) is 18.7. The first-order valence-corrected chi connectivity index (χ1v) is 10.2. The van der Waals surface area contributed by atoms with Crippen LogP contribution >= 0.6 is 27.7 Å². The maximum absolute atomic E-state index is 11.8. The molecule has 2 fully saturated rings. The number of nitrogens with two attached hydrogens (primary N) is 1. The molecule has 140 valence electrons. The topological polar surface area (TPSA) is 111 Å². The summed E-state index contributed by atoms with van der Waals surface area (Å²) in [5, 5.41) is 6.51. The zero-order valence-corrected chi connectivity index (χ0v) is 16.3. The summed E-state index contributed by atoms with van der Waals surface area (Å²) >= 11 is 5.30. The third-order valence-corrected chi connectivity index (χ3v) is 6.83. The van der Waals surface area contributed by atoms with Crippen LogP contribution in [0.2, 0.25) is 0 Å². The van der Waals surface area contributed by atoms with E-state index < -0.39 is 12.1 Å². The molecule has 1 aromatic rings. The number of esters is 1. The lowest BCUT2D eigenvalue weighted by Gasteiger charge is -2.16. The van der Waals surface area contributed by atoms with E-state index in [9.17, 15) is 14.4 Å². The average molecular weight is 442 g/mol. The molecule has 0 radical (unpaired) electrons. The van der Waals surface area contributed by atoms with Gasteiger partial charge < -0.3 is 21.1 Å².